The Balaban J connectivity index is 1.79. The van der Waals surface area contributed by atoms with Gasteiger partial charge in [0.25, 0.3) is 0 Å². The number of anilines is 2. The first-order valence-electron chi connectivity index (χ1n) is 6.04. The summed E-state index contributed by atoms with van der Waals surface area (Å²) in [6.45, 7) is 4.27. The number of nitrogens with one attached hydrogen (secondary N) is 2. The first-order chi connectivity index (χ1) is 10.2. The van der Waals surface area contributed by atoms with E-state index in [0.29, 0.717) is 12.3 Å². The van der Waals surface area contributed by atoms with Crippen molar-refractivity contribution < 1.29 is 4.79 Å². The van der Waals surface area contributed by atoms with Crippen LogP contribution >= 0.6 is 45.7 Å². The van der Waals surface area contributed by atoms with Gasteiger partial charge >= 0.3 is 0 Å². The van der Waals surface area contributed by atoms with Gasteiger partial charge in [0.1, 0.15) is 0 Å². The second kappa shape index (κ2) is 8.35. The Labute approximate surface area is 144 Å². The molecule has 1 aromatic heterocycles. The van der Waals surface area contributed by atoms with Crippen molar-refractivity contribution >= 4 is 62.4 Å². The number of nitrogens with zero attached hydrogens (tertiary/aromatic N) is 2. The third-order valence-electron chi connectivity index (χ3n) is 2.26. The van der Waals surface area contributed by atoms with Crippen molar-refractivity contribution in [2.24, 2.45) is 0 Å². The van der Waals surface area contributed by atoms with E-state index in [0.717, 1.165) is 18.7 Å². The Kier molecular flexibility index (Phi) is 6.46. The van der Waals surface area contributed by atoms with E-state index < -0.39 is 0 Å². The lowest BCUT2D eigenvalue weighted by Crippen LogP contribution is -2.13. The molecule has 0 bridgehead atoms. The second-order valence-corrected chi connectivity index (χ2v) is 7.33. The predicted octanol–water partition coefficient (Wildman–Crippen LogP) is 3.47. The summed E-state index contributed by atoms with van der Waals surface area (Å²) in [4.78, 5) is 11.8. The van der Waals surface area contributed by atoms with Crippen molar-refractivity contribution in [3.63, 3.8) is 0 Å². The van der Waals surface area contributed by atoms with Gasteiger partial charge in [-0.25, -0.2) is 0 Å². The maximum absolute atomic E-state index is 11.8. The number of rotatable bonds is 7. The largest absolute Gasteiger partial charge is 0.357 e. The van der Waals surface area contributed by atoms with Crippen molar-refractivity contribution in [2.75, 3.05) is 22.9 Å². The van der Waals surface area contributed by atoms with Gasteiger partial charge in [-0.1, -0.05) is 29.2 Å². The normalized spacial score (nSPS) is 10.1. The van der Waals surface area contributed by atoms with Crippen LogP contribution in [0.5, 0.6) is 0 Å². The number of carbonyl (C=O) groups is 1. The van der Waals surface area contributed by atoms with E-state index in [1.807, 2.05) is 24.3 Å². The van der Waals surface area contributed by atoms with Gasteiger partial charge in [-0.05, 0) is 46.9 Å². The molecule has 8 heteroatoms. The summed E-state index contributed by atoms with van der Waals surface area (Å²) in [7, 11) is 0. The van der Waals surface area contributed by atoms with Gasteiger partial charge in [0.15, 0.2) is 4.34 Å². The van der Waals surface area contributed by atoms with Gasteiger partial charge < -0.3 is 10.6 Å². The Morgan fingerprint density at radius 2 is 2.14 bits per heavy atom. The summed E-state index contributed by atoms with van der Waals surface area (Å²) in [6.07, 6.45) is 1.75. The molecule has 1 heterocycles. The number of hydrogen-bond donors (Lipinski definition) is 2. The highest BCUT2D eigenvalue weighted by atomic mass is 127. The maximum atomic E-state index is 11.8. The molecule has 2 aromatic rings. The predicted molar refractivity (Wildman–Crippen MR) is 97.1 cm³/mol. The fourth-order valence-corrected chi connectivity index (χ4v) is 3.27. The molecule has 1 amide bonds. The van der Waals surface area contributed by atoms with Crippen LogP contribution < -0.4 is 10.6 Å². The number of aromatic nitrogens is 2. The molecule has 0 spiro atoms. The van der Waals surface area contributed by atoms with Crippen molar-refractivity contribution in [3.8, 4) is 0 Å². The zero-order chi connectivity index (χ0) is 15.1. The standard InChI is InChI=1S/C13H13IN4OS2/c1-2-7-15-12-17-18-13(21-12)20-8-11(19)16-10-5-3-9(14)4-6-10/h2-6H,1,7-8H2,(H,15,17)(H,16,19). The molecule has 0 saturated carbocycles. The molecule has 0 unspecified atom stereocenters. The van der Waals surface area contributed by atoms with E-state index in [1.165, 1.54) is 23.1 Å². The summed E-state index contributed by atoms with van der Waals surface area (Å²) < 4.78 is 1.90. The van der Waals surface area contributed by atoms with Crippen LogP contribution in [0.3, 0.4) is 0 Å². The van der Waals surface area contributed by atoms with E-state index in [4.69, 9.17) is 0 Å². The molecule has 21 heavy (non-hydrogen) atoms. The van der Waals surface area contributed by atoms with Crippen LogP contribution in [0.25, 0.3) is 0 Å². The summed E-state index contributed by atoms with van der Waals surface area (Å²) in [5.74, 6) is 0.249. The fourth-order valence-electron chi connectivity index (χ4n) is 1.36. The maximum Gasteiger partial charge on any atom is 0.234 e. The molecule has 0 atom stereocenters. The van der Waals surface area contributed by atoms with Crippen LogP contribution in [0.4, 0.5) is 10.8 Å². The summed E-state index contributed by atoms with van der Waals surface area (Å²) in [5.41, 5.74) is 0.798. The van der Waals surface area contributed by atoms with Crippen molar-refractivity contribution in [2.45, 2.75) is 4.34 Å². The molecule has 0 aliphatic rings. The van der Waals surface area contributed by atoms with Crippen molar-refractivity contribution in [1.82, 2.24) is 10.2 Å². The highest BCUT2D eigenvalue weighted by molar-refractivity contribution is 14.1. The highest BCUT2D eigenvalue weighted by Crippen LogP contribution is 2.25. The number of benzene rings is 1. The average molecular weight is 432 g/mol. The Morgan fingerprint density at radius 1 is 1.38 bits per heavy atom. The Morgan fingerprint density at radius 3 is 2.86 bits per heavy atom. The van der Waals surface area contributed by atoms with Gasteiger partial charge in [0.2, 0.25) is 11.0 Å². The van der Waals surface area contributed by atoms with Crippen LogP contribution in [-0.4, -0.2) is 28.4 Å². The topological polar surface area (TPSA) is 66.9 Å². The molecular weight excluding hydrogens is 419 g/mol. The fraction of sp³-hybridized carbons (Fsp3) is 0.154. The quantitative estimate of drug-likeness (QED) is 0.399. The zero-order valence-corrected chi connectivity index (χ0v) is 14.8. The summed E-state index contributed by atoms with van der Waals surface area (Å²) >= 11 is 5.02. The Hall–Kier alpha value is -1.13. The molecule has 0 aliphatic heterocycles. The van der Waals surface area contributed by atoms with Crippen LogP contribution in [0.15, 0.2) is 41.3 Å². The lowest BCUT2D eigenvalue weighted by Gasteiger charge is -2.03. The van der Waals surface area contributed by atoms with Crippen LogP contribution in [0.2, 0.25) is 0 Å². The van der Waals surface area contributed by atoms with Gasteiger partial charge in [0.05, 0.1) is 5.75 Å². The van der Waals surface area contributed by atoms with E-state index in [-0.39, 0.29) is 5.91 Å². The second-order valence-electron chi connectivity index (χ2n) is 3.89. The van der Waals surface area contributed by atoms with Crippen LogP contribution in [0.1, 0.15) is 0 Å². The number of hydrogen-bond acceptors (Lipinski definition) is 6. The molecule has 0 radical (unpaired) electrons. The minimum atomic E-state index is -0.0583. The first kappa shape index (κ1) is 16.2. The smallest absolute Gasteiger partial charge is 0.234 e. The molecule has 0 saturated heterocycles. The van der Waals surface area contributed by atoms with Gasteiger partial charge in [-0.3, -0.25) is 4.79 Å². The van der Waals surface area contributed by atoms with E-state index >= 15 is 0 Å². The van der Waals surface area contributed by atoms with Gasteiger partial charge in [0, 0.05) is 15.8 Å². The average Bonchev–Trinajstić information content (AvgIpc) is 2.93. The third-order valence-corrected chi connectivity index (χ3v) is 4.99. The van der Waals surface area contributed by atoms with E-state index in [2.05, 4.69) is 50.0 Å². The minimum Gasteiger partial charge on any atom is -0.357 e. The van der Waals surface area contributed by atoms with Crippen LogP contribution in [-0.2, 0) is 4.79 Å². The van der Waals surface area contributed by atoms with Crippen LogP contribution in [0, 0.1) is 3.57 Å². The third kappa shape index (κ3) is 5.64. The number of thioether (sulfide) groups is 1. The van der Waals surface area contributed by atoms with E-state index in [1.54, 1.807) is 6.08 Å². The van der Waals surface area contributed by atoms with E-state index in [9.17, 15) is 4.79 Å². The van der Waals surface area contributed by atoms with Crippen molar-refractivity contribution in [3.05, 3.63) is 40.5 Å². The highest BCUT2D eigenvalue weighted by Gasteiger charge is 2.08. The minimum absolute atomic E-state index is 0.0583. The number of amides is 1. The summed E-state index contributed by atoms with van der Waals surface area (Å²) in [6, 6.07) is 7.66. The molecule has 2 rings (SSSR count). The summed E-state index contributed by atoms with van der Waals surface area (Å²) in [5, 5.41) is 14.6. The molecule has 0 aliphatic carbocycles. The molecule has 110 valence electrons. The SMILES string of the molecule is C=CCNc1nnc(SCC(=O)Nc2ccc(I)cc2)s1. The van der Waals surface area contributed by atoms with Crippen molar-refractivity contribution in [1.29, 1.82) is 0 Å². The molecule has 5 nitrogen and oxygen atoms in total. The lowest BCUT2D eigenvalue weighted by atomic mass is 10.3. The number of carbonyl (C=O) groups excluding carboxylic acids is 1. The Bertz CT molecular complexity index is 615. The zero-order valence-electron chi connectivity index (χ0n) is 11.0. The molecular formula is C13H13IN4OS2. The molecule has 2 N–H and O–H groups in total. The van der Waals surface area contributed by atoms with Gasteiger partial charge in [-0.15, -0.1) is 16.8 Å². The monoisotopic (exact) mass is 432 g/mol. The lowest BCUT2D eigenvalue weighted by molar-refractivity contribution is -0.113. The number of halogens is 1. The van der Waals surface area contributed by atoms with Gasteiger partial charge in [-0.2, -0.15) is 0 Å². The molecule has 1 aromatic carbocycles. The molecule has 0 fully saturated rings. The first-order valence-corrected chi connectivity index (χ1v) is 8.92.